The van der Waals surface area contributed by atoms with Gasteiger partial charge < -0.3 is 5.73 Å². The summed E-state index contributed by atoms with van der Waals surface area (Å²) in [5.74, 6) is -0.288. The second-order valence-electron chi connectivity index (χ2n) is 5.93. The van der Waals surface area contributed by atoms with Gasteiger partial charge in [-0.25, -0.2) is 0 Å². The molecule has 1 amide bonds. The highest BCUT2D eigenvalue weighted by Crippen LogP contribution is 2.12. The standard InChI is InChI=1S/C18H35NO/c1-3-4-5-6-7-8-9-10-11-12-13-14-15-16-17(2)18(19)20/h16H,3-15H2,1-2H3,(H2,19,20)/b17-16+. The predicted molar refractivity (Wildman–Crippen MR) is 88.6 cm³/mol. The Morgan fingerprint density at radius 2 is 1.20 bits per heavy atom. The second kappa shape index (κ2) is 14.6. The highest BCUT2D eigenvalue weighted by Gasteiger charge is 1.96. The van der Waals surface area contributed by atoms with Crippen molar-refractivity contribution >= 4 is 5.91 Å². The summed E-state index contributed by atoms with van der Waals surface area (Å²) in [6.45, 7) is 4.06. The number of carbonyl (C=O) groups excluding carboxylic acids is 1. The van der Waals surface area contributed by atoms with Gasteiger partial charge in [0.05, 0.1) is 0 Å². The van der Waals surface area contributed by atoms with E-state index in [1.165, 1.54) is 77.0 Å². The van der Waals surface area contributed by atoms with E-state index in [2.05, 4.69) is 6.92 Å². The summed E-state index contributed by atoms with van der Waals surface area (Å²) in [6, 6.07) is 0. The number of amides is 1. The minimum Gasteiger partial charge on any atom is -0.366 e. The summed E-state index contributed by atoms with van der Waals surface area (Å²) in [7, 11) is 0. The van der Waals surface area contributed by atoms with Crippen LogP contribution >= 0.6 is 0 Å². The van der Waals surface area contributed by atoms with Crippen LogP contribution in [-0.4, -0.2) is 5.91 Å². The van der Waals surface area contributed by atoms with Crippen molar-refractivity contribution in [1.29, 1.82) is 0 Å². The van der Waals surface area contributed by atoms with Gasteiger partial charge in [-0.1, -0.05) is 83.6 Å². The first kappa shape index (κ1) is 19.2. The van der Waals surface area contributed by atoms with Crippen LogP contribution in [0.3, 0.4) is 0 Å². The first-order chi connectivity index (χ1) is 9.68. The molecule has 0 aliphatic rings. The molecule has 0 saturated carbocycles. The van der Waals surface area contributed by atoms with Crippen molar-refractivity contribution < 1.29 is 4.79 Å². The van der Waals surface area contributed by atoms with E-state index >= 15 is 0 Å². The van der Waals surface area contributed by atoms with E-state index in [1.807, 2.05) is 6.08 Å². The fourth-order valence-electron chi connectivity index (χ4n) is 2.40. The Hall–Kier alpha value is -0.790. The number of rotatable bonds is 14. The van der Waals surface area contributed by atoms with Gasteiger partial charge in [0.2, 0.25) is 5.91 Å². The number of hydrogen-bond donors (Lipinski definition) is 1. The Bertz CT molecular complexity index is 258. The van der Waals surface area contributed by atoms with Crippen molar-refractivity contribution in [3.05, 3.63) is 11.6 Å². The fourth-order valence-corrected chi connectivity index (χ4v) is 2.40. The molecule has 0 aliphatic heterocycles. The lowest BCUT2D eigenvalue weighted by Crippen LogP contribution is -2.11. The van der Waals surface area contributed by atoms with Gasteiger partial charge in [-0.3, -0.25) is 4.79 Å². The minimum absolute atomic E-state index is 0.288. The Morgan fingerprint density at radius 1 is 0.800 bits per heavy atom. The Kier molecular flexibility index (Phi) is 14.0. The molecular formula is C18H35NO. The summed E-state index contributed by atoms with van der Waals surface area (Å²) < 4.78 is 0. The maximum absolute atomic E-state index is 10.8. The van der Waals surface area contributed by atoms with Crippen LogP contribution in [0.4, 0.5) is 0 Å². The maximum Gasteiger partial charge on any atom is 0.244 e. The number of nitrogens with two attached hydrogens (primary N) is 1. The summed E-state index contributed by atoms with van der Waals surface area (Å²) in [5.41, 5.74) is 5.88. The van der Waals surface area contributed by atoms with Crippen molar-refractivity contribution in [3.63, 3.8) is 0 Å². The normalized spacial score (nSPS) is 11.8. The van der Waals surface area contributed by atoms with Gasteiger partial charge in [0, 0.05) is 5.57 Å². The molecule has 0 saturated heterocycles. The highest BCUT2D eigenvalue weighted by molar-refractivity contribution is 5.91. The monoisotopic (exact) mass is 281 g/mol. The zero-order chi connectivity index (χ0) is 15.1. The number of carbonyl (C=O) groups is 1. The SMILES string of the molecule is CCCCCCCCCCCCCC/C=C(\C)C(N)=O. The number of allylic oxidation sites excluding steroid dienone is 1. The molecule has 0 spiro atoms. The average molecular weight is 281 g/mol. The van der Waals surface area contributed by atoms with E-state index in [0.29, 0.717) is 5.57 Å². The highest BCUT2D eigenvalue weighted by atomic mass is 16.1. The molecule has 0 unspecified atom stereocenters. The Labute approximate surface area is 126 Å². The lowest BCUT2D eigenvalue weighted by Gasteiger charge is -2.02. The van der Waals surface area contributed by atoms with Crippen molar-refractivity contribution in [2.24, 2.45) is 5.73 Å². The molecule has 0 fully saturated rings. The van der Waals surface area contributed by atoms with Gasteiger partial charge in [-0.2, -0.15) is 0 Å². The summed E-state index contributed by atoms with van der Waals surface area (Å²) >= 11 is 0. The first-order valence-electron chi connectivity index (χ1n) is 8.65. The Balaban J connectivity index is 3.14. The minimum atomic E-state index is -0.288. The van der Waals surface area contributed by atoms with E-state index < -0.39 is 0 Å². The molecule has 0 aliphatic carbocycles. The van der Waals surface area contributed by atoms with Crippen LogP contribution in [-0.2, 0) is 4.79 Å². The van der Waals surface area contributed by atoms with Crippen molar-refractivity contribution in [2.45, 2.75) is 97.3 Å². The zero-order valence-electron chi connectivity index (χ0n) is 13.8. The third-order valence-electron chi connectivity index (χ3n) is 3.90. The van der Waals surface area contributed by atoms with Crippen LogP contribution in [0.1, 0.15) is 97.3 Å². The molecule has 20 heavy (non-hydrogen) atoms. The molecule has 0 radical (unpaired) electrons. The van der Waals surface area contributed by atoms with Crippen LogP contribution < -0.4 is 5.73 Å². The lowest BCUT2D eigenvalue weighted by atomic mass is 10.0. The molecule has 0 atom stereocenters. The third-order valence-corrected chi connectivity index (χ3v) is 3.90. The fraction of sp³-hybridized carbons (Fsp3) is 0.833. The molecule has 0 bridgehead atoms. The largest absolute Gasteiger partial charge is 0.366 e. The van der Waals surface area contributed by atoms with Gasteiger partial charge in [0.15, 0.2) is 0 Å². The van der Waals surface area contributed by atoms with E-state index in [0.717, 1.165) is 6.42 Å². The quantitative estimate of drug-likeness (QED) is 0.331. The van der Waals surface area contributed by atoms with Gasteiger partial charge in [0.1, 0.15) is 0 Å². The third kappa shape index (κ3) is 13.6. The van der Waals surface area contributed by atoms with Gasteiger partial charge in [-0.05, 0) is 19.8 Å². The van der Waals surface area contributed by atoms with Gasteiger partial charge in [-0.15, -0.1) is 0 Å². The average Bonchev–Trinajstić information content (AvgIpc) is 2.43. The van der Waals surface area contributed by atoms with Crippen LogP contribution in [0.2, 0.25) is 0 Å². The van der Waals surface area contributed by atoms with Crippen molar-refractivity contribution in [1.82, 2.24) is 0 Å². The maximum atomic E-state index is 10.8. The van der Waals surface area contributed by atoms with E-state index in [1.54, 1.807) is 6.92 Å². The summed E-state index contributed by atoms with van der Waals surface area (Å²) in [5, 5.41) is 0. The number of primary amides is 1. The van der Waals surface area contributed by atoms with E-state index in [-0.39, 0.29) is 5.91 Å². The number of hydrogen-bond acceptors (Lipinski definition) is 1. The molecule has 118 valence electrons. The zero-order valence-corrected chi connectivity index (χ0v) is 13.8. The van der Waals surface area contributed by atoms with Crippen LogP contribution in [0.25, 0.3) is 0 Å². The molecule has 2 heteroatoms. The summed E-state index contributed by atoms with van der Waals surface area (Å²) in [6.07, 6.45) is 19.4. The molecule has 0 aromatic rings. The molecule has 0 aromatic carbocycles. The molecule has 2 N–H and O–H groups in total. The van der Waals surface area contributed by atoms with E-state index in [9.17, 15) is 4.79 Å². The predicted octanol–water partition coefficient (Wildman–Crippen LogP) is 5.51. The van der Waals surface area contributed by atoms with Crippen LogP contribution in [0, 0.1) is 0 Å². The van der Waals surface area contributed by atoms with Crippen LogP contribution in [0.15, 0.2) is 11.6 Å². The molecule has 2 nitrogen and oxygen atoms in total. The first-order valence-corrected chi connectivity index (χ1v) is 8.65. The van der Waals surface area contributed by atoms with Gasteiger partial charge >= 0.3 is 0 Å². The molecule has 0 heterocycles. The number of unbranched alkanes of at least 4 members (excludes halogenated alkanes) is 12. The molecular weight excluding hydrogens is 246 g/mol. The van der Waals surface area contributed by atoms with Gasteiger partial charge in [0.25, 0.3) is 0 Å². The summed E-state index contributed by atoms with van der Waals surface area (Å²) in [4.78, 5) is 10.8. The molecule has 0 aromatic heterocycles. The Morgan fingerprint density at radius 3 is 1.60 bits per heavy atom. The second-order valence-corrected chi connectivity index (χ2v) is 5.93. The smallest absolute Gasteiger partial charge is 0.244 e. The van der Waals surface area contributed by atoms with Crippen molar-refractivity contribution in [3.8, 4) is 0 Å². The van der Waals surface area contributed by atoms with Crippen LogP contribution in [0.5, 0.6) is 0 Å². The lowest BCUT2D eigenvalue weighted by molar-refractivity contribution is -0.114. The van der Waals surface area contributed by atoms with Crippen molar-refractivity contribution in [2.75, 3.05) is 0 Å². The van der Waals surface area contributed by atoms with E-state index in [4.69, 9.17) is 5.73 Å². The molecule has 0 rings (SSSR count). The topological polar surface area (TPSA) is 43.1 Å².